The first kappa shape index (κ1) is 21.5. The minimum Gasteiger partial charge on any atom is -0.491 e. The number of fused-ring (bicyclic) bond motifs is 2. The molecule has 160 valence electrons. The Hall–Kier alpha value is -2.76. The highest BCUT2D eigenvalue weighted by Gasteiger charge is 2.29. The minimum absolute atomic E-state index is 0.0849. The van der Waals surface area contributed by atoms with Crippen LogP contribution in [0.1, 0.15) is 23.6 Å². The summed E-state index contributed by atoms with van der Waals surface area (Å²) in [5.74, 6) is 0.724. The summed E-state index contributed by atoms with van der Waals surface area (Å²) >= 11 is 13.1. The van der Waals surface area contributed by atoms with Crippen molar-refractivity contribution < 1.29 is 14.3 Å². The zero-order valence-corrected chi connectivity index (χ0v) is 19.0. The summed E-state index contributed by atoms with van der Waals surface area (Å²) in [7, 11) is 3.04. The third-order valence-corrected chi connectivity index (χ3v) is 6.39. The molecular weight excluding hydrogens is 435 g/mol. The van der Waals surface area contributed by atoms with Gasteiger partial charge in [0, 0.05) is 30.7 Å². The first-order valence-corrected chi connectivity index (χ1v) is 10.6. The van der Waals surface area contributed by atoms with Gasteiger partial charge in [-0.15, -0.1) is 0 Å². The van der Waals surface area contributed by atoms with Gasteiger partial charge in [0.05, 0.1) is 29.8 Å². The summed E-state index contributed by atoms with van der Waals surface area (Å²) in [4.78, 5) is 19.3. The molecule has 2 aromatic carbocycles. The minimum atomic E-state index is -0.0849. The second-order valence-corrected chi connectivity index (χ2v) is 8.16. The number of hydrogen-bond donors (Lipinski definition) is 0. The molecule has 0 spiro atoms. The summed E-state index contributed by atoms with van der Waals surface area (Å²) in [6, 6.07) is 9.95. The van der Waals surface area contributed by atoms with Gasteiger partial charge in [-0.05, 0) is 47.7 Å². The number of carbonyl (C=O) groups is 1. The number of hydrogen-bond acceptors (Lipinski definition) is 4. The van der Waals surface area contributed by atoms with Gasteiger partial charge >= 0.3 is 0 Å². The Labute approximate surface area is 191 Å². The molecule has 1 aliphatic heterocycles. The molecule has 0 fully saturated rings. The summed E-state index contributed by atoms with van der Waals surface area (Å²) in [6.07, 6.45) is 4.03. The van der Waals surface area contributed by atoms with E-state index in [0.29, 0.717) is 41.1 Å². The van der Waals surface area contributed by atoms with Gasteiger partial charge < -0.3 is 14.4 Å². The molecule has 7 heteroatoms. The number of para-hydroxylation sites is 1. The van der Waals surface area contributed by atoms with E-state index in [2.05, 4.69) is 4.98 Å². The lowest BCUT2D eigenvalue weighted by molar-refractivity contribution is -0.126. The predicted octanol–water partition coefficient (Wildman–Crippen LogP) is 5.55. The number of benzene rings is 2. The highest BCUT2D eigenvalue weighted by atomic mass is 35.5. The fourth-order valence-corrected chi connectivity index (χ4v) is 4.59. The molecule has 31 heavy (non-hydrogen) atoms. The molecule has 0 bridgehead atoms. The third-order valence-electron chi connectivity index (χ3n) is 5.59. The maximum atomic E-state index is 13.0. The van der Waals surface area contributed by atoms with Crippen molar-refractivity contribution in [3.63, 3.8) is 0 Å². The molecule has 1 aromatic heterocycles. The lowest BCUT2D eigenvalue weighted by Crippen LogP contribution is -2.35. The number of methoxy groups -OCH3 is 2. The molecule has 0 N–H and O–H groups in total. The maximum Gasteiger partial charge on any atom is 0.247 e. The lowest BCUT2D eigenvalue weighted by Gasteiger charge is -2.31. The number of allylic oxidation sites excluding steroid dienone is 1. The maximum absolute atomic E-state index is 13.0. The number of rotatable bonds is 4. The second kappa shape index (κ2) is 8.77. The van der Waals surface area contributed by atoms with E-state index in [-0.39, 0.29) is 5.91 Å². The zero-order chi connectivity index (χ0) is 22.1. The van der Waals surface area contributed by atoms with E-state index in [0.717, 1.165) is 33.2 Å². The largest absolute Gasteiger partial charge is 0.491 e. The van der Waals surface area contributed by atoms with E-state index in [4.69, 9.17) is 32.7 Å². The lowest BCUT2D eigenvalue weighted by atomic mass is 9.98. The van der Waals surface area contributed by atoms with E-state index in [1.54, 1.807) is 17.2 Å². The van der Waals surface area contributed by atoms with Gasteiger partial charge in [-0.1, -0.05) is 41.4 Å². The molecule has 0 radical (unpaired) electrons. The number of amides is 1. The van der Waals surface area contributed by atoms with Crippen molar-refractivity contribution in [2.75, 3.05) is 20.8 Å². The van der Waals surface area contributed by atoms with E-state index < -0.39 is 0 Å². The molecule has 3 aromatic rings. The monoisotopic (exact) mass is 456 g/mol. The van der Waals surface area contributed by atoms with Gasteiger partial charge in [0.1, 0.15) is 0 Å². The molecule has 0 saturated heterocycles. The quantitative estimate of drug-likeness (QED) is 0.483. The third kappa shape index (κ3) is 3.95. The van der Waals surface area contributed by atoms with Crippen LogP contribution in [-0.4, -0.2) is 36.6 Å². The second-order valence-electron chi connectivity index (χ2n) is 7.41. The Balaban J connectivity index is 1.61. The van der Waals surface area contributed by atoms with E-state index in [9.17, 15) is 4.79 Å². The standard InChI is InChI=1S/C24H22Cl2N2O3/c1-14(16-11-15-6-4-5-7-19(15)27-12-16)10-20(29)28-9-8-17-18(13-28)22(26)24(31-3)23(30-2)21(17)25/h4-7,10-12H,8-9,13H2,1-3H3/b14-10+. The molecule has 4 rings (SSSR count). The van der Waals surface area contributed by atoms with Gasteiger partial charge in [-0.2, -0.15) is 0 Å². The Bertz CT molecular complexity index is 1210. The van der Waals surface area contributed by atoms with Crippen molar-refractivity contribution in [3.05, 3.63) is 69.3 Å². The Morgan fingerprint density at radius 3 is 2.48 bits per heavy atom. The van der Waals surface area contributed by atoms with Crippen LogP contribution in [0, 0.1) is 0 Å². The van der Waals surface area contributed by atoms with Gasteiger partial charge in [-0.3, -0.25) is 9.78 Å². The van der Waals surface area contributed by atoms with E-state index in [1.165, 1.54) is 14.2 Å². The average molecular weight is 457 g/mol. The molecular formula is C24H22Cl2N2O3. The van der Waals surface area contributed by atoms with Crippen molar-refractivity contribution in [1.29, 1.82) is 0 Å². The summed E-state index contributed by atoms with van der Waals surface area (Å²) in [5, 5.41) is 1.95. The van der Waals surface area contributed by atoms with Crippen LogP contribution in [0.3, 0.4) is 0 Å². The van der Waals surface area contributed by atoms with Gasteiger partial charge in [0.25, 0.3) is 0 Å². The first-order chi connectivity index (χ1) is 14.9. The SMILES string of the molecule is COc1c(Cl)c2c(c(Cl)c1OC)CN(C(=O)/C=C(\C)c1cnc3ccccc3c1)CC2. The van der Waals surface area contributed by atoms with Crippen LogP contribution >= 0.6 is 23.2 Å². The van der Waals surface area contributed by atoms with Crippen LogP contribution in [0.5, 0.6) is 11.5 Å². The Kier molecular flexibility index (Phi) is 6.08. The summed E-state index contributed by atoms with van der Waals surface area (Å²) in [6.45, 7) is 2.81. The van der Waals surface area contributed by atoms with Crippen molar-refractivity contribution in [2.24, 2.45) is 0 Å². The number of pyridine rings is 1. The number of ether oxygens (including phenoxy) is 2. The first-order valence-electron chi connectivity index (χ1n) is 9.87. The fraction of sp³-hybridized carbons (Fsp3) is 0.250. The molecule has 0 saturated carbocycles. The average Bonchev–Trinajstić information content (AvgIpc) is 2.80. The smallest absolute Gasteiger partial charge is 0.247 e. The van der Waals surface area contributed by atoms with Gasteiger partial charge in [-0.25, -0.2) is 0 Å². The Morgan fingerprint density at radius 2 is 1.77 bits per heavy atom. The van der Waals surface area contributed by atoms with Crippen LogP contribution in [0.2, 0.25) is 10.0 Å². The predicted molar refractivity (Wildman–Crippen MR) is 124 cm³/mol. The number of aromatic nitrogens is 1. The zero-order valence-electron chi connectivity index (χ0n) is 17.5. The van der Waals surface area contributed by atoms with Gasteiger partial charge in [0.2, 0.25) is 5.91 Å². The molecule has 0 aliphatic carbocycles. The van der Waals surface area contributed by atoms with Crippen molar-refractivity contribution in [1.82, 2.24) is 9.88 Å². The molecule has 1 aliphatic rings. The number of halogens is 2. The molecule has 2 heterocycles. The Morgan fingerprint density at radius 1 is 1.10 bits per heavy atom. The van der Waals surface area contributed by atoms with Crippen LogP contribution in [0.4, 0.5) is 0 Å². The number of carbonyl (C=O) groups excluding carboxylic acids is 1. The highest BCUT2D eigenvalue weighted by Crippen LogP contribution is 2.47. The van der Waals surface area contributed by atoms with E-state index >= 15 is 0 Å². The van der Waals surface area contributed by atoms with Crippen LogP contribution in [-0.2, 0) is 17.8 Å². The number of nitrogens with zero attached hydrogens (tertiary/aromatic N) is 2. The van der Waals surface area contributed by atoms with Crippen LogP contribution < -0.4 is 9.47 Å². The van der Waals surface area contributed by atoms with Crippen molar-refractivity contribution >= 4 is 45.6 Å². The summed E-state index contributed by atoms with van der Waals surface area (Å²) in [5.41, 5.74) is 4.38. The topological polar surface area (TPSA) is 51.7 Å². The molecule has 1 amide bonds. The van der Waals surface area contributed by atoms with Crippen LogP contribution in [0.15, 0.2) is 42.6 Å². The molecule has 5 nitrogen and oxygen atoms in total. The van der Waals surface area contributed by atoms with E-state index in [1.807, 2.05) is 37.3 Å². The van der Waals surface area contributed by atoms with Gasteiger partial charge in [0.15, 0.2) is 11.5 Å². The molecule has 0 unspecified atom stereocenters. The van der Waals surface area contributed by atoms with Crippen molar-refractivity contribution in [3.8, 4) is 11.5 Å². The highest BCUT2D eigenvalue weighted by molar-refractivity contribution is 6.37. The fourth-order valence-electron chi connectivity index (χ4n) is 3.88. The van der Waals surface area contributed by atoms with Crippen LogP contribution in [0.25, 0.3) is 16.5 Å². The normalized spacial score (nSPS) is 13.8. The summed E-state index contributed by atoms with van der Waals surface area (Å²) < 4.78 is 10.8. The molecule has 0 atom stereocenters. The van der Waals surface area contributed by atoms with Crippen molar-refractivity contribution in [2.45, 2.75) is 19.9 Å².